The molecule has 0 saturated carbocycles. The summed E-state index contributed by atoms with van der Waals surface area (Å²) >= 11 is 4.55. The van der Waals surface area contributed by atoms with Crippen molar-refractivity contribution < 1.29 is 9.59 Å². The second-order valence-corrected chi connectivity index (χ2v) is 8.94. The fraction of sp³-hybridized carbons (Fsp3) is 0.375. The van der Waals surface area contributed by atoms with Crippen LogP contribution in [0.4, 0.5) is 5.69 Å². The van der Waals surface area contributed by atoms with Crippen LogP contribution in [-0.4, -0.2) is 32.9 Å². The number of carbonyl (C=O) groups excluding carboxylic acids is 2. The van der Waals surface area contributed by atoms with Crippen LogP contribution in [0.2, 0.25) is 0 Å². The van der Waals surface area contributed by atoms with Gasteiger partial charge < -0.3 is 5.32 Å². The molecule has 2 rings (SSSR count). The number of benzene rings is 1. The molecule has 1 N–H and O–H groups in total. The highest BCUT2D eigenvalue weighted by Gasteiger charge is 2.19. The number of hydrogen-bond donors (Lipinski definition) is 1. The Bertz CT molecular complexity index is 718. The van der Waals surface area contributed by atoms with Crippen molar-refractivity contribution in [1.29, 1.82) is 0 Å². The molecule has 8 heteroatoms. The number of amides is 1. The molecule has 0 aliphatic rings. The van der Waals surface area contributed by atoms with Gasteiger partial charge in [0, 0.05) is 11.3 Å². The fourth-order valence-corrected chi connectivity index (χ4v) is 4.92. The summed E-state index contributed by atoms with van der Waals surface area (Å²) in [6, 6.07) is 7.01. The molecule has 0 aliphatic carbocycles. The van der Waals surface area contributed by atoms with Gasteiger partial charge in [0.25, 0.3) is 0 Å². The van der Waals surface area contributed by atoms with Crippen molar-refractivity contribution in [3.63, 3.8) is 0 Å². The molecule has 0 radical (unpaired) electrons. The third-order valence-corrected chi connectivity index (χ3v) is 6.48. The third-order valence-electron chi connectivity index (χ3n) is 3.03. The topological polar surface area (TPSA) is 72.0 Å². The van der Waals surface area contributed by atoms with Crippen molar-refractivity contribution in [2.24, 2.45) is 0 Å². The second kappa shape index (κ2) is 9.19. The van der Waals surface area contributed by atoms with Gasteiger partial charge in [-0.25, -0.2) is 0 Å². The van der Waals surface area contributed by atoms with Gasteiger partial charge in [-0.05, 0) is 32.4 Å². The molecule has 1 heterocycles. The molecule has 0 saturated heterocycles. The molecule has 0 bridgehead atoms. The van der Waals surface area contributed by atoms with E-state index in [9.17, 15) is 9.59 Å². The van der Waals surface area contributed by atoms with Gasteiger partial charge in [-0.2, -0.15) is 0 Å². The van der Waals surface area contributed by atoms with Gasteiger partial charge in [-0.1, -0.05) is 53.9 Å². The highest BCUT2D eigenvalue weighted by molar-refractivity contribution is 8.03. The molecule has 1 amide bonds. The molecular weight excluding hydrogens is 362 g/mol. The number of ketones is 1. The van der Waals surface area contributed by atoms with Crippen molar-refractivity contribution in [2.45, 2.75) is 41.1 Å². The molecule has 24 heavy (non-hydrogen) atoms. The van der Waals surface area contributed by atoms with E-state index in [1.807, 2.05) is 6.92 Å². The molecule has 1 aromatic carbocycles. The average molecular weight is 382 g/mol. The Morgan fingerprint density at radius 2 is 1.96 bits per heavy atom. The smallest absolute Gasteiger partial charge is 0.237 e. The van der Waals surface area contributed by atoms with Crippen LogP contribution in [0, 0.1) is 0 Å². The number of para-hydroxylation sites is 1. The molecule has 5 nitrogen and oxygen atoms in total. The van der Waals surface area contributed by atoms with E-state index in [4.69, 9.17) is 0 Å². The predicted octanol–water partition coefficient (Wildman–Crippen LogP) is 4.36. The minimum absolute atomic E-state index is 0.0760. The molecule has 0 fully saturated rings. The van der Waals surface area contributed by atoms with Crippen molar-refractivity contribution in [3.8, 4) is 0 Å². The first-order valence-corrected chi connectivity index (χ1v) is 10.2. The van der Waals surface area contributed by atoms with Crippen molar-refractivity contribution in [3.05, 3.63) is 29.8 Å². The van der Waals surface area contributed by atoms with Crippen molar-refractivity contribution in [1.82, 2.24) is 10.2 Å². The van der Waals surface area contributed by atoms with Gasteiger partial charge in [-0.3, -0.25) is 9.59 Å². The summed E-state index contributed by atoms with van der Waals surface area (Å²) in [6.45, 7) is 5.42. The number of hydrogen-bond acceptors (Lipinski definition) is 7. The van der Waals surface area contributed by atoms with Gasteiger partial charge in [0.2, 0.25) is 5.91 Å². The highest BCUT2D eigenvalue weighted by Crippen LogP contribution is 2.31. The summed E-state index contributed by atoms with van der Waals surface area (Å²) in [5, 5.41) is 10.7. The molecule has 2 aromatic rings. The Balaban J connectivity index is 1.97. The first kappa shape index (κ1) is 19.0. The lowest BCUT2D eigenvalue weighted by molar-refractivity contribution is -0.115. The maximum Gasteiger partial charge on any atom is 0.237 e. The van der Waals surface area contributed by atoms with E-state index in [0.29, 0.717) is 11.3 Å². The van der Waals surface area contributed by atoms with Crippen LogP contribution in [0.3, 0.4) is 0 Å². The Morgan fingerprint density at radius 3 is 2.67 bits per heavy atom. The van der Waals surface area contributed by atoms with Crippen LogP contribution in [0.25, 0.3) is 0 Å². The van der Waals surface area contributed by atoms with E-state index in [-0.39, 0.29) is 16.9 Å². The predicted molar refractivity (Wildman–Crippen MR) is 101 cm³/mol. The summed E-state index contributed by atoms with van der Waals surface area (Å²) in [5.41, 5.74) is 1.05. The van der Waals surface area contributed by atoms with E-state index in [1.54, 1.807) is 36.0 Å². The van der Waals surface area contributed by atoms with E-state index in [1.165, 1.54) is 30.0 Å². The lowest BCUT2D eigenvalue weighted by Gasteiger charge is -2.12. The number of aromatic nitrogens is 2. The van der Waals surface area contributed by atoms with Crippen molar-refractivity contribution >= 4 is 52.2 Å². The summed E-state index contributed by atoms with van der Waals surface area (Å²) in [7, 11) is 0. The lowest BCUT2D eigenvalue weighted by atomic mass is 10.1. The van der Waals surface area contributed by atoms with Gasteiger partial charge in [0.05, 0.1) is 10.9 Å². The number of nitrogens with one attached hydrogen (secondary N) is 1. The molecule has 0 spiro atoms. The normalized spacial score (nSPS) is 12.0. The second-order valence-electron chi connectivity index (χ2n) is 5.03. The Labute approximate surface area is 154 Å². The first-order chi connectivity index (χ1) is 11.5. The molecule has 128 valence electrons. The van der Waals surface area contributed by atoms with Crippen LogP contribution in [0.15, 0.2) is 32.9 Å². The Hall–Kier alpha value is -1.38. The number of nitrogens with zero attached hydrogens (tertiary/aromatic N) is 2. The molecule has 1 aromatic heterocycles. The summed E-state index contributed by atoms with van der Waals surface area (Å²) in [4.78, 5) is 24.0. The fourth-order valence-electron chi connectivity index (χ4n) is 1.83. The molecular formula is C16H19N3O2S3. The number of anilines is 1. The average Bonchev–Trinajstić information content (AvgIpc) is 3.00. The SMILES string of the molecule is CCCSc1nnc(S[C@H](C)C(=O)Nc2ccccc2C(C)=O)s1. The number of Topliss-reactive ketones (excluding diaryl/α,β-unsaturated/α-hetero) is 1. The molecule has 0 unspecified atom stereocenters. The van der Waals surface area contributed by atoms with E-state index in [0.717, 1.165) is 20.9 Å². The Morgan fingerprint density at radius 1 is 1.25 bits per heavy atom. The van der Waals surface area contributed by atoms with Gasteiger partial charge in [0.1, 0.15) is 0 Å². The molecule has 1 atom stereocenters. The highest BCUT2D eigenvalue weighted by atomic mass is 32.2. The van der Waals surface area contributed by atoms with Crippen LogP contribution >= 0.6 is 34.9 Å². The standard InChI is InChI=1S/C16H19N3O2S3/c1-4-9-22-15-18-19-16(24-15)23-11(3)14(21)17-13-8-6-5-7-12(13)10(2)20/h5-8,11H,4,9H2,1-3H3,(H,17,21)/t11-/m1/s1. The zero-order valence-electron chi connectivity index (χ0n) is 13.7. The monoisotopic (exact) mass is 381 g/mol. The van der Waals surface area contributed by atoms with Crippen LogP contribution in [0.1, 0.15) is 37.6 Å². The van der Waals surface area contributed by atoms with Gasteiger partial charge >= 0.3 is 0 Å². The number of rotatable bonds is 8. The maximum atomic E-state index is 12.4. The van der Waals surface area contributed by atoms with Gasteiger partial charge in [-0.15, -0.1) is 10.2 Å². The summed E-state index contributed by atoms with van der Waals surface area (Å²) < 4.78 is 1.70. The van der Waals surface area contributed by atoms with Gasteiger partial charge in [0.15, 0.2) is 14.5 Å². The quantitative estimate of drug-likeness (QED) is 0.541. The van der Waals surface area contributed by atoms with Crippen LogP contribution in [0.5, 0.6) is 0 Å². The van der Waals surface area contributed by atoms with Crippen LogP contribution in [-0.2, 0) is 4.79 Å². The number of carbonyl (C=O) groups is 2. The van der Waals surface area contributed by atoms with Crippen LogP contribution < -0.4 is 5.32 Å². The minimum Gasteiger partial charge on any atom is -0.324 e. The van der Waals surface area contributed by atoms with E-state index in [2.05, 4.69) is 22.4 Å². The summed E-state index contributed by atoms with van der Waals surface area (Å²) in [6.07, 6.45) is 1.08. The van der Waals surface area contributed by atoms with Crippen molar-refractivity contribution in [2.75, 3.05) is 11.1 Å². The first-order valence-electron chi connectivity index (χ1n) is 7.55. The molecule has 0 aliphatic heterocycles. The lowest BCUT2D eigenvalue weighted by Crippen LogP contribution is -2.23. The zero-order chi connectivity index (χ0) is 17.5. The third kappa shape index (κ3) is 5.32. The minimum atomic E-state index is -0.331. The largest absolute Gasteiger partial charge is 0.324 e. The Kier molecular flexibility index (Phi) is 7.26. The maximum absolute atomic E-state index is 12.4. The van der Waals surface area contributed by atoms with E-state index >= 15 is 0 Å². The number of thioether (sulfide) groups is 2. The van der Waals surface area contributed by atoms with E-state index < -0.39 is 0 Å². The summed E-state index contributed by atoms with van der Waals surface area (Å²) in [5.74, 6) is 0.775. The zero-order valence-corrected chi connectivity index (χ0v) is 16.2.